The lowest BCUT2D eigenvalue weighted by molar-refractivity contribution is 0.256. The van der Waals surface area contributed by atoms with Gasteiger partial charge in [-0.25, -0.2) is 0 Å². The third-order valence-electron chi connectivity index (χ3n) is 21.3. The Morgan fingerprint density at radius 1 is 0.443 bits per heavy atom. The molecule has 0 amide bonds. The molecule has 0 radical (unpaired) electrons. The van der Waals surface area contributed by atoms with E-state index in [2.05, 4.69) is 89.3 Å². The number of aryl methyl sites for hydroxylation is 5. The van der Waals surface area contributed by atoms with Crippen LogP contribution in [0.15, 0.2) is 218 Å². The highest BCUT2D eigenvalue weighted by molar-refractivity contribution is 6.11. The first-order valence-corrected chi connectivity index (χ1v) is 37.8. The lowest BCUT2D eigenvalue weighted by atomic mass is 9.88. The van der Waals surface area contributed by atoms with Crippen LogP contribution in [-0.4, -0.2) is 99.0 Å². The number of hydrogen-bond acceptors (Lipinski definition) is 14. The van der Waals surface area contributed by atoms with Gasteiger partial charge in [-0.1, -0.05) is 85.3 Å². The van der Waals surface area contributed by atoms with E-state index in [0.717, 1.165) is 190 Å². The Hall–Kier alpha value is -14.3. The molecular formula is C94H88N8O13. The van der Waals surface area contributed by atoms with Crippen LogP contribution in [0.5, 0.6) is 69.0 Å². The Morgan fingerprint density at radius 2 is 1.00 bits per heavy atom. The van der Waals surface area contributed by atoms with Crippen LogP contribution in [0.1, 0.15) is 87.3 Å². The maximum absolute atomic E-state index is 11.3. The highest BCUT2D eigenvalue weighted by Gasteiger charge is 2.25. The van der Waals surface area contributed by atoms with Crippen LogP contribution in [0.25, 0.3) is 104 Å². The van der Waals surface area contributed by atoms with Crippen LogP contribution in [0.2, 0.25) is 0 Å². The van der Waals surface area contributed by atoms with Gasteiger partial charge in [-0.05, 0) is 177 Å². The van der Waals surface area contributed by atoms with Crippen LogP contribution in [0, 0.1) is 27.7 Å². The minimum Gasteiger partial charge on any atom is -0.508 e. The molecule has 2 aliphatic rings. The van der Waals surface area contributed by atoms with Crippen molar-refractivity contribution in [2.24, 2.45) is 0 Å². The average Bonchev–Trinajstić information content (AvgIpc) is 1.66. The number of phenols is 6. The molecule has 2 aliphatic carbocycles. The Kier molecular flexibility index (Phi) is 21.5. The summed E-state index contributed by atoms with van der Waals surface area (Å²) in [5.41, 5.74) is 21.6. The molecule has 8 heterocycles. The van der Waals surface area contributed by atoms with Crippen molar-refractivity contribution in [3.05, 3.63) is 285 Å². The molecular weight excluding hydrogens is 1450 g/mol. The molecule has 115 heavy (non-hydrogen) atoms. The van der Waals surface area contributed by atoms with E-state index in [0.29, 0.717) is 24.9 Å². The molecule has 20 rings (SSSR count). The number of aromatic amines is 7. The molecule has 0 spiro atoms. The van der Waals surface area contributed by atoms with Gasteiger partial charge in [-0.3, -0.25) is 9.78 Å². The van der Waals surface area contributed by atoms with Crippen molar-refractivity contribution in [2.45, 2.75) is 79.4 Å². The molecule has 13 N–H and O–H groups in total. The Bertz CT molecular complexity index is 6660. The highest BCUT2D eigenvalue weighted by Crippen LogP contribution is 2.44. The van der Waals surface area contributed by atoms with E-state index in [-0.39, 0.29) is 34.2 Å². The molecule has 10 aromatic carbocycles. The van der Waals surface area contributed by atoms with E-state index in [4.69, 9.17) is 28.4 Å². The Labute approximate surface area is 660 Å². The zero-order valence-corrected chi connectivity index (χ0v) is 65.0. The summed E-state index contributed by atoms with van der Waals surface area (Å²) in [4.78, 5) is 38.4. The van der Waals surface area contributed by atoms with Gasteiger partial charge in [0.15, 0.2) is 63.2 Å². The van der Waals surface area contributed by atoms with Crippen molar-refractivity contribution in [1.82, 2.24) is 39.9 Å². The molecule has 0 saturated heterocycles. The lowest BCUT2D eigenvalue weighted by Crippen LogP contribution is -2.05. The highest BCUT2D eigenvalue weighted by atomic mass is 16.5. The first kappa shape index (κ1) is 76.0. The molecule has 21 nitrogen and oxygen atoms in total. The number of nitrogens with zero attached hydrogens (tertiary/aromatic N) is 1. The standard InChI is InChI=1S/C22H19NO2.C18H15NO3.C15H19NO2.C14H14N2O2.C13H11NO2.C12H10N2O2/c1-3-7-17(8-4-1)15-24-21-13-19-11-12-23-20(19)14-22(21)25-16-18-9-5-2-6-10-18;1-9-4-12-10(5-16(9)20)2-3-11(12)14-8-19-15-7-18(22)17(21)6-13(14)15;1-9-5-4-6-10-11-7-13(17-2)14(18-3)8-12(11)16-15(9)10;1-8-14-9(4-5-15-8)10-6-12(17-2)13(18-3)7-11(10)16-14;1-7-2-3-10-8(4-7)9-5-12(15)13(16)6-11(9)14-10;1-6-12-7(2-3-13-6)8-4-10(15)11(16)5-9(8)14-12/h1-14,23H,15-16H2;3-8,19-22H,2H2,1H3;7-9,16H,4-6H2,1-3H3;4-7,16H,1-3H3;2-6,14-16H,1H3;2-5,13-15H,1H3. The molecule has 0 fully saturated rings. The summed E-state index contributed by atoms with van der Waals surface area (Å²) < 4.78 is 33.5. The number of aromatic hydroxyl groups is 6. The van der Waals surface area contributed by atoms with Crippen LogP contribution < -0.4 is 33.8 Å². The SMILES string of the molecule is COc1cc2[nH]c3c(C)nccc3c2cc1OC.COc1cc2[nH]c3c(c2cc1OC)CCCC3C.Cc1[nH]ccc2c1[nH]c1cc(=O)c(O)cc12.Cc1cc2c(cc1O)CC=C2c1c[nH]c2cc(O)c(O)cc12.Cc1ccc2[nH]c3cc(O)c(O)cc3c2c1.c1ccc(COc2cc3cc[nH]c3cc2OCc2ccccc2)cc1. The van der Waals surface area contributed by atoms with Crippen molar-refractivity contribution in [3.8, 4) is 69.0 Å². The molecule has 0 bridgehead atoms. The quantitative estimate of drug-likeness (QED) is 0.0536. The van der Waals surface area contributed by atoms with Gasteiger partial charge in [-0.2, -0.15) is 0 Å². The zero-order chi connectivity index (χ0) is 80.3. The Balaban J connectivity index is 0.000000109. The molecule has 18 aromatic rings. The van der Waals surface area contributed by atoms with E-state index in [1.54, 1.807) is 46.6 Å². The number of phenolic OH excluding ortho intramolecular Hbond substituents is 6. The second-order valence-corrected chi connectivity index (χ2v) is 28.8. The summed E-state index contributed by atoms with van der Waals surface area (Å²) in [6.07, 6.45) is 14.1. The Morgan fingerprint density at radius 3 is 1.70 bits per heavy atom. The van der Waals surface area contributed by atoms with Crippen LogP contribution in [-0.2, 0) is 26.1 Å². The van der Waals surface area contributed by atoms with E-state index >= 15 is 0 Å². The molecule has 8 aromatic heterocycles. The summed E-state index contributed by atoms with van der Waals surface area (Å²) >= 11 is 0. The number of pyridine rings is 2. The fraction of sp³-hybridized carbons (Fsp3) is 0.170. The number of ether oxygens (including phenoxy) is 6. The summed E-state index contributed by atoms with van der Waals surface area (Å²) in [7, 11) is 6.64. The van der Waals surface area contributed by atoms with E-state index in [1.165, 1.54) is 53.2 Å². The average molecular weight is 1540 g/mol. The predicted octanol–water partition coefficient (Wildman–Crippen LogP) is 20.6. The molecule has 21 heteroatoms. The van der Waals surface area contributed by atoms with Crippen LogP contribution in [0.3, 0.4) is 0 Å². The van der Waals surface area contributed by atoms with Crippen molar-refractivity contribution < 1.29 is 59.1 Å². The van der Waals surface area contributed by atoms with Crippen molar-refractivity contribution in [3.63, 3.8) is 0 Å². The van der Waals surface area contributed by atoms with Gasteiger partial charge in [0.25, 0.3) is 0 Å². The molecule has 1 unspecified atom stereocenters. The number of hydrogen-bond donors (Lipinski definition) is 13. The normalized spacial score (nSPS) is 12.7. The third-order valence-corrected chi connectivity index (χ3v) is 21.3. The minimum atomic E-state index is -0.360. The number of aromatic nitrogens is 8. The summed E-state index contributed by atoms with van der Waals surface area (Å²) in [5, 5.41) is 66.9. The maximum atomic E-state index is 11.3. The van der Waals surface area contributed by atoms with Gasteiger partial charge in [0.1, 0.15) is 19.0 Å². The lowest BCUT2D eigenvalue weighted by Gasteiger charge is -2.18. The smallest absolute Gasteiger partial charge is 0.222 e. The predicted molar refractivity (Wildman–Crippen MR) is 456 cm³/mol. The van der Waals surface area contributed by atoms with E-state index in [1.807, 2.05) is 162 Å². The van der Waals surface area contributed by atoms with Gasteiger partial charge in [-0.15, -0.1) is 0 Å². The third kappa shape index (κ3) is 15.6. The van der Waals surface area contributed by atoms with Gasteiger partial charge >= 0.3 is 0 Å². The first-order chi connectivity index (χ1) is 55.7. The molecule has 0 saturated carbocycles. The number of methoxy groups -OCH3 is 4. The summed E-state index contributed by atoms with van der Waals surface area (Å²) in [6, 6.07) is 57.4. The summed E-state index contributed by atoms with van der Waals surface area (Å²) in [6.45, 7) is 11.2. The second kappa shape index (κ2) is 32.5. The summed E-state index contributed by atoms with van der Waals surface area (Å²) in [5.74, 6) is 4.83. The fourth-order valence-electron chi connectivity index (χ4n) is 15.2. The number of benzene rings is 10. The largest absolute Gasteiger partial charge is 0.508 e. The van der Waals surface area contributed by atoms with Gasteiger partial charge in [0.05, 0.1) is 61.7 Å². The van der Waals surface area contributed by atoms with Gasteiger partial charge < -0.3 is 93.9 Å². The molecule has 1 atom stereocenters. The van der Waals surface area contributed by atoms with Crippen molar-refractivity contribution in [2.75, 3.05) is 28.4 Å². The number of nitrogens with one attached hydrogen (secondary N) is 7. The molecule has 0 aliphatic heterocycles. The second-order valence-electron chi connectivity index (χ2n) is 28.8. The van der Waals surface area contributed by atoms with Gasteiger partial charge in [0.2, 0.25) is 5.43 Å². The topological polar surface area (TPSA) is 317 Å². The van der Waals surface area contributed by atoms with Gasteiger partial charge in [0, 0.05) is 149 Å². The van der Waals surface area contributed by atoms with E-state index in [9.17, 15) is 35.4 Å². The van der Waals surface area contributed by atoms with Crippen molar-refractivity contribution in [1.29, 1.82) is 0 Å². The number of rotatable bonds is 11. The monoisotopic (exact) mass is 1540 g/mol. The van der Waals surface area contributed by atoms with Crippen molar-refractivity contribution >= 4 is 104 Å². The fourth-order valence-corrected chi connectivity index (χ4v) is 15.2. The number of allylic oxidation sites excluding steroid dienone is 1. The zero-order valence-electron chi connectivity index (χ0n) is 65.0. The minimum absolute atomic E-state index is 0.0880. The van der Waals surface area contributed by atoms with E-state index < -0.39 is 0 Å². The van der Waals surface area contributed by atoms with Crippen LogP contribution >= 0.6 is 0 Å². The van der Waals surface area contributed by atoms with Crippen LogP contribution in [0.4, 0.5) is 0 Å². The number of H-pyrrole nitrogens is 7. The first-order valence-electron chi connectivity index (χ1n) is 37.8. The number of fused-ring (bicyclic) bond motifs is 15. The maximum Gasteiger partial charge on any atom is 0.222 e. The molecule has 582 valence electrons.